The van der Waals surface area contributed by atoms with Crippen LogP contribution in [0.3, 0.4) is 0 Å². The first-order valence-corrected chi connectivity index (χ1v) is 10.3. The summed E-state index contributed by atoms with van der Waals surface area (Å²) in [6.07, 6.45) is 0.818. The average molecular weight is 396 g/mol. The van der Waals surface area contributed by atoms with Crippen molar-refractivity contribution in [2.24, 2.45) is 0 Å². The van der Waals surface area contributed by atoms with Crippen LogP contribution in [0.2, 0.25) is 0 Å². The highest BCUT2D eigenvalue weighted by molar-refractivity contribution is 5.85. The van der Waals surface area contributed by atoms with E-state index in [1.165, 1.54) is 0 Å². The van der Waals surface area contributed by atoms with Crippen LogP contribution in [0.15, 0.2) is 48.5 Å². The molecule has 6 heteroatoms. The Kier molecular flexibility index (Phi) is 6.44. The van der Waals surface area contributed by atoms with Crippen LogP contribution >= 0.6 is 0 Å². The lowest BCUT2D eigenvalue weighted by Gasteiger charge is -2.34. The highest BCUT2D eigenvalue weighted by Crippen LogP contribution is 2.44. The predicted octanol–water partition coefficient (Wildman–Crippen LogP) is 2.47. The second-order valence-electron chi connectivity index (χ2n) is 7.54. The number of ether oxygens (including phenoxy) is 2. The molecule has 0 bridgehead atoms. The molecule has 2 aromatic rings. The van der Waals surface area contributed by atoms with Gasteiger partial charge in [-0.15, -0.1) is 0 Å². The third-order valence-electron chi connectivity index (χ3n) is 5.66. The molecule has 2 aliphatic rings. The topological polar surface area (TPSA) is 62.2 Å². The van der Waals surface area contributed by atoms with Gasteiger partial charge in [-0.1, -0.05) is 36.4 Å². The number of esters is 1. The maximum Gasteiger partial charge on any atom is 0.318 e. The maximum atomic E-state index is 13.0. The molecule has 2 aromatic carbocycles. The Morgan fingerprint density at radius 2 is 1.48 bits per heavy atom. The van der Waals surface area contributed by atoms with Gasteiger partial charge >= 0.3 is 5.97 Å². The van der Waals surface area contributed by atoms with Gasteiger partial charge in [-0.05, 0) is 18.6 Å². The minimum atomic E-state index is -0.446. The van der Waals surface area contributed by atoms with Gasteiger partial charge in [-0.2, -0.15) is 0 Å². The van der Waals surface area contributed by atoms with Crippen molar-refractivity contribution in [1.29, 1.82) is 0 Å². The first-order chi connectivity index (χ1) is 14.3. The van der Waals surface area contributed by atoms with E-state index in [0.717, 1.165) is 56.8 Å². The number of benzene rings is 2. The molecule has 29 heavy (non-hydrogen) atoms. The molecule has 0 unspecified atom stereocenters. The fourth-order valence-corrected chi connectivity index (χ4v) is 4.09. The zero-order valence-corrected chi connectivity index (χ0v) is 16.6. The van der Waals surface area contributed by atoms with Crippen molar-refractivity contribution in [3.8, 4) is 11.5 Å². The minimum Gasteiger partial charge on any atom is -0.465 e. The fraction of sp³-hybridized carbons (Fsp3) is 0.435. The van der Waals surface area contributed by atoms with Crippen LogP contribution in [-0.4, -0.2) is 73.4 Å². The van der Waals surface area contributed by atoms with E-state index < -0.39 is 5.92 Å². The first-order valence-electron chi connectivity index (χ1n) is 10.3. The molecule has 2 aliphatic heterocycles. The summed E-state index contributed by atoms with van der Waals surface area (Å²) in [5.74, 6) is 0.766. The van der Waals surface area contributed by atoms with Gasteiger partial charge in [0, 0.05) is 50.4 Å². The first kappa shape index (κ1) is 19.9. The number of para-hydroxylation sites is 2. The summed E-state index contributed by atoms with van der Waals surface area (Å²) in [6, 6.07) is 15.3. The van der Waals surface area contributed by atoms with Gasteiger partial charge < -0.3 is 19.5 Å². The van der Waals surface area contributed by atoms with Gasteiger partial charge in [-0.25, -0.2) is 0 Å². The van der Waals surface area contributed by atoms with Gasteiger partial charge in [0.1, 0.15) is 17.4 Å². The Hall–Kier alpha value is -2.41. The number of carbonyl (C=O) groups excluding carboxylic acids is 1. The van der Waals surface area contributed by atoms with Crippen molar-refractivity contribution in [2.45, 2.75) is 12.3 Å². The van der Waals surface area contributed by atoms with Gasteiger partial charge in [0.15, 0.2) is 0 Å². The summed E-state index contributed by atoms with van der Waals surface area (Å²) >= 11 is 0. The number of nitrogens with zero attached hydrogens (tertiary/aromatic N) is 2. The van der Waals surface area contributed by atoms with Crippen molar-refractivity contribution in [1.82, 2.24) is 9.80 Å². The molecule has 0 saturated carbocycles. The molecule has 6 nitrogen and oxygen atoms in total. The minimum absolute atomic E-state index is 0.217. The van der Waals surface area contributed by atoms with E-state index in [4.69, 9.17) is 14.6 Å². The molecule has 0 spiro atoms. The number of β-amino-alcohol motifs (C(OH)–C–C–N with tert-alkyl or cyclic N) is 1. The molecular weight excluding hydrogens is 368 g/mol. The average Bonchev–Trinajstić information content (AvgIpc) is 2.76. The van der Waals surface area contributed by atoms with Crippen LogP contribution in [0.25, 0.3) is 0 Å². The number of aliphatic hydroxyl groups is 1. The van der Waals surface area contributed by atoms with Crippen molar-refractivity contribution in [3.63, 3.8) is 0 Å². The van der Waals surface area contributed by atoms with Crippen LogP contribution in [0.5, 0.6) is 11.5 Å². The third kappa shape index (κ3) is 4.61. The monoisotopic (exact) mass is 396 g/mol. The molecule has 1 fully saturated rings. The molecule has 154 valence electrons. The summed E-state index contributed by atoms with van der Waals surface area (Å²) < 4.78 is 11.6. The van der Waals surface area contributed by atoms with E-state index in [1.807, 2.05) is 48.5 Å². The van der Waals surface area contributed by atoms with Crippen molar-refractivity contribution < 1.29 is 19.4 Å². The quantitative estimate of drug-likeness (QED) is 0.573. The molecule has 1 N–H and O–H groups in total. The number of hydrogen-bond donors (Lipinski definition) is 1. The second kappa shape index (κ2) is 9.39. The van der Waals surface area contributed by atoms with E-state index in [9.17, 15) is 4.79 Å². The van der Waals surface area contributed by atoms with E-state index in [2.05, 4.69) is 9.80 Å². The van der Waals surface area contributed by atoms with Crippen molar-refractivity contribution in [2.75, 3.05) is 52.5 Å². The zero-order chi connectivity index (χ0) is 20.1. The summed E-state index contributed by atoms with van der Waals surface area (Å²) in [6.45, 7) is 6.25. The van der Waals surface area contributed by atoms with Gasteiger partial charge in [0.05, 0.1) is 13.2 Å². The molecule has 0 radical (unpaired) electrons. The maximum absolute atomic E-state index is 13.0. The lowest BCUT2D eigenvalue weighted by atomic mass is 9.88. The summed E-state index contributed by atoms with van der Waals surface area (Å²) in [5, 5.41) is 9.03. The van der Waals surface area contributed by atoms with Gasteiger partial charge in [0.2, 0.25) is 0 Å². The summed E-state index contributed by atoms with van der Waals surface area (Å²) in [4.78, 5) is 17.6. The lowest BCUT2D eigenvalue weighted by molar-refractivity contribution is -0.144. The molecule has 1 saturated heterocycles. The fourth-order valence-electron chi connectivity index (χ4n) is 4.09. The van der Waals surface area contributed by atoms with Crippen molar-refractivity contribution >= 4 is 5.97 Å². The third-order valence-corrected chi connectivity index (χ3v) is 5.66. The molecule has 4 rings (SSSR count). The van der Waals surface area contributed by atoms with Crippen LogP contribution in [0.1, 0.15) is 23.5 Å². The van der Waals surface area contributed by atoms with E-state index in [1.54, 1.807) is 0 Å². The van der Waals surface area contributed by atoms with Crippen LogP contribution < -0.4 is 4.74 Å². The number of hydrogen-bond acceptors (Lipinski definition) is 6. The largest absolute Gasteiger partial charge is 0.465 e. The molecule has 0 amide bonds. The number of carbonyl (C=O) groups is 1. The van der Waals surface area contributed by atoms with Crippen LogP contribution in [0.4, 0.5) is 0 Å². The lowest BCUT2D eigenvalue weighted by Crippen LogP contribution is -2.47. The Balaban J connectivity index is 1.32. The Labute approximate surface area is 171 Å². The highest BCUT2D eigenvalue weighted by atomic mass is 16.5. The summed E-state index contributed by atoms with van der Waals surface area (Å²) in [7, 11) is 0. The predicted molar refractivity (Wildman–Crippen MR) is 110 cm³/mol. The van der Waals surface area contributed by atoms with Crippen LogP contribution in [0, 0.1) is 0 Å². The highest BCUT2D eigenvalue weighted by Gasteiger charge is 2.33. The number of fused-ring (bicyclic) bond motifs is 2. The van der Waals surface area contributed by atoms with E-state index >= 15 is 0 Å². The number of rotatable bonds is 7. The molecular formula is C23H28N2O4. The number of piperazine rings is 1. The SMILES string of the molecule is O=C(OCCCN1CCN(CCO)CC1)C1c2ccccc2Oc2ccccc21. The van der Waals surface area contributed by atoms with Gasteiger partial charge in [0.25, 0.3) is 0 Å². The van der Waals surface area contributed by atoms with E-state index in [0.29, 0.717) is 18.1 Å². The smallest absolute Gasteiger partial charge is 0.318 e. The number of aliphatic hydroxyl groups excluding tert-OH is 1. The Morgan fingerprint density at radius 3 is 2.07 bits per heavy atom. The molecule has 0 atom stereocenters. The van der Waals surface area contributed by atoms with Crippen LogP contribution in [-0.2, 0) is 9.53 Å². The van der Waals surface area contributed by atoms with E-state index in [-0.39, 0.29) is 12.6 Å². The zero-order valence-electron chi connectivity index (χ0n) is 16.6. The second-order valence-corrected chi connectivity index (χ2v) is 7.54. The standard InChI is InChI=1S/C23H28N2O4/c26-16-15-25-13-11-24(12-14-25)10-5-17-28-23(27)22-18-6-1-3-8-20(18)29-21-9-4-2-7-19(21)22/h1-4,6-9,22,26H,5,10-17H2. The van der Waals surface area contributed by atoms with Gasteiger partial charge in [-0.3, -0.25) is 9.69 Å². The molecule has 0 aliphatic carbocycles. The summed E-state index contributed by atoms with van der Waals surface area (Å²) in [5.41, 5.74) is 1.72. The molecule has 2 heterocycles. The normalized spacial score (nSPS) is 17.3. The Morgan fingerprint density at radius 1 is 0.931 bits per heavy atom. The molecule has 0 aromatic heterocycles. The van der Waals surface area contributed by atoms with Crippen molar-refractivity contribution in [3.05, 3.63) is 59.7 Å². The Bertz CT molecular complexity index is 788.